The van der Waals surface area contributed by atoms with Crippen LogP contribution in [0.1, 0.15) is 35.2 Å². The number of benzene rings is 1. The van der Waals surface area contributed by atoms with Crippen molar-refractivity contribution in [3.8, 4) is 0 Å². The first-order valence-corrected chi connectivity index (χ1v) is 6.78. The monoisotopic (exact) mass is 291 g/mol. The summed E-state index contributed by atoms with van der Waals surface area (Å²) in [5.74, 6) is -3.59. The molecule has 3 N–H and O–H groups in total. The Bertz CT molecular complexity index is 596. The highest BCUT2D eigenvalue weighted by Gasteiger charge is 2.37. The van der Waals surface area contributed by atoms with Crippen molar-refractivity contribution in [2.75, 3.05) is 5.32 Å². The minimum Gasteiger partial charge on any atom is -0.481 e. The number of carboxylic acid groups (broad SMARTS) is 2. The lowest BCUT2D eigenvalue weighted by atomic mass is 9.95. The molecule has 21 heavy (non-hydrogen) atoms. The summed E-state index contributed by atoms with van der Waals surface area (Å²) in [7, 11) is 0. The highest BCUT2D eigenvalue weighted by atomic mass is 16.4. The fraction of sp³-hybridized carbons (Fsp3) is 0.400. The smallest absolute Gasteiger partial charge is 0.336 e. The lowest BCUT2D eigenvalue weighted by Crippen LogP contribution is -2.30. The second-order valence-corrected chi connectivity index (χ2v) is 5.25. The van der Waals surface area contributed by atoms with Crippen LogP contribution >= 0.6 is 0 Å². The maximum absolute atomic E-state index is 12.2. The van der Waals surface area contributed by atoms with Gasteiger partial charge >= 0.3 is 11.9 Å². The van der Waals surface area contributed by atoms with Gasteiger partial charge in [-0.05, 0) is 37.5 Å². The molecule has 1 saturated carbocycles. The molecule has 1 aromatic carbocycles. The zero-order valence-corrected chi connectivity index (χ0v) is 11.6. The van der Waals surface area contributed by atoms with Crippen LogP contribution in [0.25, 0.3) is 0 Å². The molecule has 6 heteroatoms. The molecule has 2 unspecified atom stereocenters. The number of nitrogens with one attached hydrogen (secondary N) is 1. The van der Waals surface area contributed by atoms with Gasteiger partial charge in [0.15, 0.2) is 0 Å². The number of aromatic carboxylic acids is 1. The van der Waals surface area contributed by atoms with E-state index in [9.17, 15) is 14.4 Å². The van der Waals surface area contributed by atoms with Gasteiger partial charge in [-0.3, -0.25) is 9.59 Å². The molecule has 1 amide bonds. The lowest BCUT2D eigenvalue weighted by molar-refractivity contribution is -0.145. The SMILES string of the molecule is Cc1c(NC(=O)C2CCCC2C(=O)O)cccc1C(=O)O. The Morgan fingerprint density at radius 2 is 1.81 bits per heavy atom. The molecular formula is C15H17NO5. The lowest BCUT2D eigenvalue weighted by Gasteiger charge is -2.17. The van der Waals surface area contributed by atoms with E-state index in [1.807, 2.05) is 0 Å². The van der Waals surface area contributed by atoms with E-state index in [1.165, 1.54) is 6.07 Å². The summed E-state index contributed by atoms with van der Waals surface area (Å²) in [4.78, 5) is 34.4. The van der Waals surface area contributed by atoms with Gasteiger partial charge in [0.2, 0.25) is 5.91 Å². The molecule has 1 aliphatic rings. The van der Waals surface area contributed by atoms with Crippen LogP contribution in [-0.4, -0.2) is 28.1 Å². The molecule has 2 atom stereocenters. The molecule has 0 spiro atoms. The van der Waals surface area contributed by atoms with E-state index in [0.717, 1.165) is 0 Å². The Balaban J connectivity index is 2.18. The van der Waals surface area contributed by atoms with Gasteiger partial charge in [-0.1, -0.05) is 12.5 Å². The van der Waals surface area contributed by atoms with Crippen molar-refractivity contribution >= 4 is 23.5 Å². The molecule has 0 saturated heterocycles. The van der Waals surface area contributed by atoms with Crippen LogP contribution in [0.4, 0.5) is 5.69 Å². The summed E-state index contributed by atoms with van der Waals surface area (Å²) in [5.41, 5.74) is 0.994. The topological polar surface area (TPSA) is 104 Å². The summed E-state index contributed by atoms with van der Waals surface area (Å²) in [6.07, 6.45) is 1.76. The van der Waals surface area contributed by atoms with Crippen LogP contribution in [0.2, 0.25) is 0 Å². The van der Waals surface area contributed by atoms with Gasteiger partial charge in [0.1, 0.15) is 0 Å². The predicted molar refractivity (Wildman–Crippen MR) is 75.2 cm³/mol. The minimum atomic E-state index is -1.06. The predicted octanol–water partition coefficient (Wildman–Crippen LogP) is 2.13. The first-order chi connectivity index (χ1) is 9.91. The van der Waals surface area contributed by atoms with Crippen molar-refractivity contribution < 1.29 is 24.6 Å². The molecule has 0 aromatic heterocycles. The van der Waals surface area contributed by atoms with E-state index < -0.39 is 23.8 Å². The Hall–Kier alpha value is -2.37. The molecule has 1 fully saturated rings. The average Bonchev–Trinajstić information content (AvgIpc) is 2.90. The van der Waals surface area contributed by atoms with Gasteiger partial charge < -0.3 is 15.5 Å². The second-order valence-electron chi connectivity index (χ2n) is 5.25. The van der Waals surface area contributed by atoms with Gasteiger partial charge in [0, 0.05) is 5.69 Å². The Morgan fingerprint density at radius 3 is 2.43 bits per heavy atom. The van der Waals surface area contributed by atoms with E-state index in [2.05, 4.69) is 5.32 Å². The molecule has 0 radical (unpaired) electrons. The van der Waals surface area contributed by atoms with Crippen LogP contribution in [-0.2, 0) is 9.59 Å². The zero-order chi connectivity index (χ0) is 15.6. The zero-order valence-electron chi connectivity index (χ0n) is 11.6. The van der Waals surface area contributed by atoms with E-state index in [-0.39, 0.29) is 11.5 Å². The molecule has 112 valence electrons. The third-order valence-electron chi connectivity index (χ3n) is 3.99. The second kappa shape index (κ2) is 5.95. The number of rotatable bonds is 4. The molecule has 2 rings (SSSR count). The Morgan fingerprint density at radius 1 is 1.14 bits per heavy atom. The van der Waals surface area contributed by atoms with Crippen molar-refractivity contribution in [3.63, 3.8) is 0 Å². The van der Waals surface area contributed by atoms with Gasteiger partial charge in [0.25, 0.3) is 0 Å². The van der Waals surface area contributed by atoms with Gasteiger partial charge in [-0.25, -0.2) is 4.79 Å². The highest BCUT2D eigenvalue weighted by molar-refractivity contribution is 5.98. The summed E-state index contributed by atoms with van der Waals surface area (Å²) in [6, 6.07) is 4.63. The maximum atomic E-state index is 12.2. The fourth-order valence-electron chi connectivity index (χ4n) is 2.80. The number of aliphatic carboxylic acids is 1. The van der Waals surface area contributed by atoms with Gasteiger partial charge in [-0.2, -0.15) is 0 Å². The molecule has 1 aliphatic carbocycles. The van der Waals surface area contributed by atoms with Crippen LogP contribution in [0.3, 0.4) is 0 Å². The first-order valence-electron chi connectivity index (χ1n) is 6.78. The molecule has 1 aromatic rings. The quantitative estimate of drug-likeness (QED) is 0.788. The summed E-state index contributed by atoms with van der Waals surface area (Å²) in [6.45, 7) is 1.61. The normalized spacial score (nSPS) is 21.0. The number of carbonyl (C=O) groups is 3. The molecular weight excluding hydrogens is 274 g/mol. The standard InChI is InChI=1S/C15H17NO5/c1-8-9(14(18)19)4-3-7-12(8)16-13(17)10-5-2-6-11(10)15(20)21/h3-4,7,10-11H,2,5-6H2,1H3,(H,16,17)(H,18,19)(H,20,21). The number of hydrogen-bond donors (Lipinski definition) is 3. The molecule has 6 nitrogen and oxygen atoms in total. The Labute approximate surface area is 121 Å². The van der Waals surface area contributed by atoms with Crippen LogP contribution in [0.15, 0.2) is 18.2 Å². The van der Waals surface area contributed by atoms with E-state index in [1.54, 1.807) is 19.1 Å². The third kappa shape index (κ3) is 3.04. The summed E-state index contributed by atoms with van der Waals surface area (Å²) in [5, 5.41) is 20.8. The van der Waals surface area contributed by atoms with Crippen LogP contribution in [0, 0.1) is 18.8 Å². The van der Waals surface area contributed by atoms with Gasteiger partial charge in [0.05, 0.1) is 17.4 Å². The summed E-state index contributed by atoms with van der Waals surface area (Å²) < 4.78 is 0. The average molecular weight is 291 g/mol. The van der Waals surface area contributed by atoms with Crippen molar-refractivity contribution in [1.82, 2.24) is 0 Å². The van der Waals surface area contributed by atoms with Crippen molar-refractivity contribution in [1.29, 1.82) is 0 Å². The minimum absolute atomic E-state index is 0.119. The Kier molecular flexibility index (Phi) is 4.26. The third-order valence-corrected chi connectivity index (χ3v) is 3.99. The number of carbonyl (C=O) groups excluding carboxylic acids is 1. The van der Waals surface area contributed by atoms with Gasteiger partial charge in [-0.15, -0.1) is 0 Å². The first kappa shape index (κ1) is 15.0. The molecule has 0 bridgehead atoms. The largest absolute Gasteiger partial charge is 0.481 e. The van der Waals surface area contributed by atoms with Crippen molar-refractivity contribution in [2.45, 2.75) is 26.2 Å². The van der Waals surface area contributed by atoms with E-state index in [4.69, 9.17) is 10.2 Å². The highest BCUT2D eigenvalue weighted by Crippen LogP contribution is 2.33. The summed E-state index contributed by atoms with van der Waals surface area (Å²) >= 11 is 0. The number of anilines is 1. The van der Waals surface area contributed by atoms with Crippen LogP contribution in [0.5, 0.6) is 0 Å². The number of amides is 1. The molecule has 0 aliphatic heterocycles. The van der Waals surface area contributed by atoms with Crippen LogP contribution < -0.4 is 5.32 Å². The maximum Gasteiger partial charge on any atom is 0.336 e. The van der Waals surface area contributed by atoms with Crippen molar-refractivity contribution in [2.24, 2.45) is 11.8 Å². The fourth-order valence-corrected chi connectivity index (χ4v) is 2.80. The molecule has 0 heterocycles. The van der Waals surface area contributed by atoms with Crippen molar-refractivity contribution in [3.05, 3.63) is 29.3 Å². The number of hydrogen-bond acceptors (Lipinski definition) is 3. The van der Waals surface area contributed by atoms with E-state index in [0.29, 0.717) is 30.5 Å². The van der Waals surface area contributed by atoms with E-state index >= 15 is 0 Å². The number of carboxylic acids is 2.